The van der Waals surface area contributed by atoms with Crippen molar-refractivity contribution in [2.45, 2.75) is 0 Å². The molecule has 0 unspecified atom stereocenters. The summed E-state index contributed by atoms with van der Waals surface area (Å²) in [4.78, 5) is 6.81. The molecule has 4 nitrogen and oxygen atoms in total. The van der Waals surface area contributed by atoms with Crippen LogP contribution in [0.15, 0.2) is 179 Å². The smallest absolute Gasteiger partial charge is 0.227 e. The second-order valence-corrected chi connectivity index (χ2v) is 12.4. The van der Waals surface area contributed by atoms with Gasteiger partial charge >= 0.3 is 0 Å². The molecule has 0 aliphatic heterocycles. The molecule has 3 heterocycles. The van der Waals surface area contributed by atoms with Crippen LogP contribution in [0.2, 0.25) is 0 Å². The van der Waals surface area contributed by atoms with Crippen molar-refractivity contribution >= 4 is 71.8 Å². The average molecular weight is 629 g/mol. The zero-order valence-corrected chi connectivity index (χ0v) is 26.4. The number of anilines is 3. The number of benzene rings is 7. The van der Waals surface area contributed by atoms with E-state index in [2.05, 4.69) is 149 Å². The van der Waals surface area contributed by atoms with Gasteiger partial charge in [0.25, 0.3) is 0 Å². The molecule has 7 aromatic carbocycles. The van der Waals surface area contributed by atoms with Crippen LogP contribution < -0.4 is 4.90 Å². The summed E-state index contributed by atoms with van der Waals surface area (Å²) in [6.45, 7) is 0. The van der Waals surface area contributed by atoms with Gasteiger partial charge in [0.2, 0.25) is 5.71 Å². The topological polar surface area (TPSA) is 42.4 Å². The number of fused-ring (bicyclic) bond motifs is 8. The molecule has 0 saturated carbocycles. The molecule has 0 spiro atoms. The normalized spacial score (nSPS) is 11.7. The minimum atomic E-state index is 0.664. The van der Waals surface area contributed by atoms with Gasteiger partial charge in [-0.3, -0.25) is 0 Å². The van der Waals surface area contributed by atoms with E-state index in [9.17, 15) is 0 Å². The number of aromatic nitrogens is 1. The van der Waals surface area contributed by atoms with Crippen LogP contribution in [0.4, 0.5) is 17.1 Å². The number of hydrogen-bond acceptors (Lipinski definition) is 4. The minimum Gasteiger partial charge on any atom is -0.456 e. The van der Waals surface area contributed by atoms with Crippen LogP contribution in [0, 0.1) is 0 Å². The van der Waals surface area contributed by atoms with Gasteiger partial charge in [-0.25, -0.2) is 4.98 Å². The molecule has 10 rings (SSSR count). The lowest BCUT2D eigenvalue weighted by atomic mass is 9.98. The fraction of sp³-hybridized carbons (Fsp3) is 0. The Hall–Kier alpha value is -6.65. The number of para-hydroxylation sites is 2. The van der Waals surface area contributed by atoms with E-state index in [-0.39, 0.29) is 0 Å². The van der Waals surface area contributed by atoms with Crippen molar-refractivity contribution in [3.8, 4) is 22.3 Å². The molecule has 0 aliphatic carbocycles. The lowest BCUT2D eigenvalue weighted by Crippen LogP contribution is -2.11. The molecule has 3 aromatic heterocycles. The predicted molar refractivity (Wildman–Crippen MR) is 202 cm³/mol. The van der Waals surface area contributed by atoms with Crippen LogP contribution in [0.3, 0.4) is 0 Å². The van der Waals surface area contributed by atoms with E-state index >= 15 is 0 Å². The number of hydrogen-bond donors (Lipinski definition) is 0. The van der Waals surface area contributed by atoms with Gasteiger partial charge in [-0.2, -0.15) is 0 Å². The SMILES string of the molecule is c1ccc(-c2ccccc2N(c2ccc(-c3ccc4ccc5oc6ncccc6c5c4c3)cc2)c2ccc3oc4ccccc4c3c2)cc1. The lowest BCUT2D eigenvalue weighted by molar-refractivity contribution is 0.654. The summed E-state index contributed by atoms with van der Waals surface area (Å²) < 4.78 is 12.3. The Bertz CT molecular complexity index is 2830. The van der Waals surface area contributed by atoms with E-state index in [4.69, 9.17) is 8.83 Å². The Morgan fingerprint density at radius 3 is 2.06 bits per heavy atom. The van der Waals surface area contributed by atoms with Crippen molar-refractivity contribution in [1.29, 1.82) is 0 Å². The van der Waals surface area contributed by atoms with Crippen LogP contribution >= 0.6 is 0 Å². The molecular formula is C45H28N2O2. The number of rotatable bonds is 5. The molecule has 0 bridgehead atoms. The Kier molecular flexibility index (Phi) is 6.15. The highest BCUT2D eigenvalue weighted by atomic mass is 16.3. The molecule has 10 aromatic rings. The number of pyridine rings is 1. The highest BCUT2D eigenvalue weighted by Gasteiger charge is 2.19. The minimum absolute atomic E-state index is 0.664. The summed E-state index contributed by atoms with van der Waals surface area (Å²) in [5.41, 5.74) is 11.1. The third-order valence-corrected chi connectivity index (χ3v) is 9.54. The molecule has 0 saturated heterocycles. The van der Waals surface area contributed by atoms with Crippen LogP contribution in [0.25, 0.3) is 77.0 Å². The first-order valence-electron chi connectivity index (χ1n) is 16.4. The van der Waals surface area contributed by atoms with Crippen molar-refractivity contribution in [2.24, 2.45) is 0 Å². The molecule has 0 radical (unpaired) electrons. The molecule has 0 aliphatic rings. The average Bonchev–Trinajstić information content (AvgIpc) is 3.74. The van der Waals surface area contributed by atoms with Crippen LogP contribution in [0.1, 0.15) is 0 Å². The van der Waals surface area contributed by atoms with E-state index in [1.165, 1.54) is 10.9 Å². The molecular weight excluding hydrogens is 601 g/mol. The van der Waals surface area contributed by atoms with Crippen molar-refractivity contribution in [3.63, 3.8) is 0 Å². The van der Waals surface area contributed by atoms with Crippen molar-refractivity contribution < 1.29 is 8.83 Å². The molecule has 0 amide bonds. The third kappa shape index (κ3) is 4.49. The Morgan fingerprint density at radius 1 is 0.429 bits per heavy atom. The first-order chi connectivity index (χ1) is 24.3. The van der Waals surface area contributed by atoms with Gasteiger partial charge in [-0.1, -0.05) is 97.1 Å². The molecule has 49 heavy (non-hydrogen) atoms. The number of nitrogens with zero attached hydrogens (tertiary/aromatic N) is 2. The van der Waals surface area contributed by atoms with Crippen LogP contribution in [-0.4, -0.2) is 4.98 Å². The van der Waals surface area contributed by atoms with E-state index in [1.807, 2.05) is 24.3 Å². The molecule has 0 atom stereocenters. The second kappa shape index (κ2) is 11.0. The molecule has 230 valence electrons. The van der Waals surface area contributed by atoms with Gasteiger partial charge in [0, 0.05) is 44.7 Å². The van der Waals surface area contributed by atoms with Gasteiger partial charge in [0.05, 0.1) is 5.69 Å². The lowest BCUT2D eigenvalue weighted by Gasteiger charge is -2.28. The van der Waals surface area contributed by atoms with Gasteiger partial charge in [-0.15, -0.1) is 0 Å². The summed E-state index contributed by atoms with van der Waals surface area (Å²) in [5, 5.41) is 6.67. The highest BCUT2D eigenvalue weighted by molar-refractivity contribution is 6.18. The fourth-order valence-corrected chi connectivity index (χ4v) is 7.22. The van der Waals surface area contributed by atoms with Crippen molar-refractivity contribution in [2.75, 3.05) is 4.90 Å². The number of furan rings is 2. The highest BCUT2D eigenvalue weighted by Crippen LogP contribution is 2.43. The first kappa shape index (κ1) is 27.5. The Labute approximate surface area is 282 Å². The summed E-state index contributed by atoms with van der Waals surface area (Å²) in [6, 6.07) is 57.7. The van der Waals surface area contributed by atoms with E-state index in [0.717, 1.165) is 77.4 Å². The van der Waals surface area contributed by atoms with Gasteiger partial charge in [0.1, 0.15) is 16.7 Å². The quantitative estimate of drug-likeness (QED) is 0.190. The molecule has 0 N–H and O–H groups in total. The van der Waals surface area contributed by atoms with Crippen LogP contribution in [0.5, 0.6) is 0 Å². The predicted octanol–water partition coefficient (Wildman–Crippen LogP) is 12.8. The van der Waals surface area contributed by atoms with Gasteiger partial charge in [0.15, 0.2) is 0 Å². The van der Waals surface area contributed by atoms with E-state index < -0.39 is 0 Å². The standard InChI is InChI=1S/C45H28N2O2/c1-2-9-30(10-3-1)35-11-4-6-14-40(35)47(34-23-25-42-39(28-34)36-12-5-7-15-41(36)48-42)33-21-18-29(19-22-33)32-17-16-31-20-24-43-44(38(31)27-32)37-13-8-26-46-45(37)49-43/h1-28H. The van der Waals surface area contributed by atoms with Crippen molar-refractivity contribution in [3.05, 3.63) is 170 Å². The van der Waals surface area contributed by atoms with E-state index in [1.54, 1.807) is 6.20 Å². The zero-order valence-electron chi connectivity index (χ0n) is 26.4. The summed E-state index contributed by atoms with van der Waals surface area (Å²) in [7, 11) is 0. The first-order valence-corrected chi connectivity index (χ1v) is 16.4. The monoisotopic (exact) mass is 628 g/mol. The Balaban J connectivity index is 1.13. The zero-order chi connectivity index (χ0) is 32.3. The summed E-state index contributed by atoms with van der Waals surface area (Å²) >= 11 is 0. The molecule has 4 heteroatoms. The van der Waals surface area contributed by atoms with Crippen LogP contribution in [-0.2, 0) is 0 Å². The van der Waals surface area contributed by atoms with E-state index in [0.29, 0.717) is 5.71 Å². The molecule has 0 fully saturated rings. The van der Waals surface area contributed by atoms with Gasteiger partial charge < -0.3 is 13.7 Å². The maximum Gasteiger partial charge on any atom is 0.227 e. The summed E-state index contributed by atoms with van der Waals surface area (Å²) in [6.07, 6.45) is 1.77. The second-order valence-electron chi connectivity index (χ2n) is 12.4. The Morgan fingerprint density at radius 2 is 1.14 bits per heavy atom. The summed E-state index contributed by atoms with van der Waals surface area (Å²) in [5.74, 6) is 0. The maximum atomic E-state index is 6.20. The van der Waals surface area contributed by atoms with Gasteiger partial charge in [-0.05, 0) is 94.2 Å². The fourth-order valence-electron chi connectivity index (χ4n) is 7.22. The largest absolute Gasteiger partial charge is 0.456 e. The third-order valence-electron chi connectivity index (χ3n) is 9.54. The maximum absolute atomic E-state index is 6.20. The van der Waals surface area contributed by atoms with Crippen molar-refractivity contribution in [1.82, 2.24) is 4.98 Å².